The van der Waals surface area contributed by atoms with E-state index in [1.165, 1.54) is 0 Å². The predicted octanol–water partition coefficient (Wildman–Crippen LogP) is 4.64. The van der Waals surface area contributed by atoms with Gasteiger partial charge in [-0.2, -0.15) is 0 Å². The summed E-state index contributed by atoms with van der Waals surface area (Å²) in [5.74, 6) is 0.274. The van der Waals surface area contributed by atoms with Crippen LogP contribution in [0.4, 0.5) is 5.69 Å². The van der Waals surface area contributed by atoms with Crippen molar-refractivity contribution in [3.05, 3.63) is 64.2 Å². The van der Waals surface area contributed by atoms with Crippen molar-refractivity contribution in [2.75, 3.05) is 5.32 Å². The molecule has 2 aromatic rings. The number of carbonyl (C=O) groups is 1. The molecule has 98 valence electrons. The number of nitrogens with one attached hydrogen (secondary N) is 1. The number of anilines is 1. The third-order valence-electron chi connectivity index (χ3n) is 2.80. The standard InChI is InChI=1S/C15H13Cl2NO/c1-10-2-7-13(8-14(10)17)18-15(19)12-5-3-11(9-16)4-6-12/h2-8H,9H2,1H3,(H,18,19). The Labute approximate surface area is 122 Å². The number of hydrogen-bond donors (Lipinski definition) is 1. The Balaban J connectivity index is 2.13. The Bertz CT molecular complexity index is 594. The van der Waals surface area contributed by atoms with Crippen molar-refractivity contribution in [3.8, 4) is 0 Å². The number of alkyl halides is 1. The third kappa shape index (κ3) is 3.49. The molecule has 1 amide bonds. The van der Waals surface area contributed by atoms with Crippen molar-refractivity contribution in [2.45, 2.75) is 12.8 Å². The van der Waals surface area contributed by atoms with E-state index in [-0.39, 0.29) is 5.91 Å². The molecule has 0 saturated heterocycles. The van der Waals surface area contributed by atoms with E-state index < -0.39 is 0 Å². The third-order valence-corrected chi connectivity index (χ3v) is 3.52. The lowest BCUT2D eigenvalue weighted by molar-refractivity contribution is 0.102. The molecule has 2 aromatic carbocycles. The van der Waals surface area contributed by atoms with E-state index in [9.17, 15) is 4.79 Å². The molecule has 0 aliphatic rings. The van der Waals surface area contributed by atoms with Gasteiger partial charge in [0.15, 0.2) is 0 Å². The molecule has 2 rings (SSSR count). The zero-order chi connectivity index (χ0) is 13.8. The van der Waals surface area contributed by atoms with Crippen LogP contribution in [0.3, 0.4) is 0 Å². The van der Waals surface area contributed by atoms with Crippen LogP contribution in [0.2, 0.25) is 5.02 Å². The van der Waals surface area contributed by atoms with Gasteiger partial charge in [-0.05, 0) is 42.3 Å². The summed E-state index contributed by atoms with van der Waals surface area (Å²) in [4.78, 5) is 12.0. The SMILES string of the molecule is Cc1ccc(NC(=O)c2ccc(CCl)cc2)cc1Cl. The van der Waals surface area contributed by atoms with Crippen molar-refractivity contribution in [1.82, 2.24) is 0 Å². The summed E-state index contributed by atoms with van der Waals surface area (Å²) in [6, 6.07) is 12.6. The minimum atomic E-state index is -0.166. The first kappa shape index (κ1) is 13.9. The lowest BCUT2D eigenvalue weighted by Crippen LogP contribution is -2.11. The molecular weight excluding hydrogens is 281 g/mol. The van der Waals surface area contributed by atoms with E-state index >= 15 is 0 Å². The number of aryl methyl sites for hydroxylation is 1. The van der Waals surface area contributed by atoms with Crippen LogP contribution in [-0.4, -0.2) is 5.91 Å². The van der Waals surface area contributed by atoms with Crippen LogP contribution in [0.25, 0.3) is 0 Å². The molecule has 0 unspecified atom stereocenters. The van der Waals surface area contributed by atoms with Crippen molar-refractivity contribution < 1.29 is 4.79 Å². The van der Waals surface area contributed by atoms with Crippen molar-refractivity contribution >= 4 is 34.8 Å². The van der Waals surface area contributed by atoms with Gasteiger partial charge in [0.25, 0.3) is 5.91 Å². The number of carbonyl (C=O) groups excluding carboxylic acids is 1. The summed E-state index contributed by atoms with van der Waals surface area (Å²) in [7, 11) is 0. The molecule has 0 radical (unpaired) electrons. The average molecular weight is 294 g/mol. The quantitative estimate of drug-likeness (QED) is 0.821. The monoisotopic (exact) mass is 293 g/mol. The van der Waals surface area contributed by atoms with Crippen molar-refractivity contribution in [2.24, 2.45) is 0 Å². The summed E-state index contributed by atoms with van der Waals surface area (Å²) in [5.41, 5.74) is 3.23. The van der Waals surface area contributed by atoms with E-state index in [2.05, 4.69) is 5.32 Å². The summed E-state index contributed by atoms with van der Waals surface area (Å²) < 4.78 is 0. The molecule has 4 heteroatoms. The minimum absolute atomic E-state index is 0.166. The Hall–Kier alpha value is -1.51. The highest BCUT2D eigenvalue weighted by molar-refractivity contribution is 6.31. The number of amides is 1. The van der Waals surface area contributed by atoms with Crippen LogP contribution in [0.1, 0.15) is 21.5 Å². The van der Waals surface area contributed by atoms with Crippen molar-refractivity contribution in [3.63, 3.8) is 0 Å². The van der Waals surface area contributed by atoms with Gasteiger partial charge < -0.3 is 5.32 Å². The minimum Gasteiger partial charge on any atom is -0.322 e. The number of halogens is 2. The second-order valence-corrected chi connectivity index (χ2v) is 4.92. The fraction of sp³-hybridized carbons (Fsp3) is 0.133. The van der Waals surface area contributed by atoms with Gasteiger partial charge in [0.2, 0.25) is 0 Å². The lowest BCUT2D eigenvalue weighted by Gasteiger charge is -2.07. The van der Waals surface area contributed by atoms with Crippen LogP contribution in [0.15, 0.2) is 42.5 Å². The molecule has 0 aromatic heterocycles. The lowest BCUT2D eigenvalue weighted by atomic mass is 10.1. The maximum atomic E-state index is 12.0. The molecule has 0 atom stereocenters. The fourth-order valence-corrected chi connectivity index (χ4v) is 1.98. The summed E-state index contributed by atoms with van der Waals surface area (Å²) in [6.45, 7) is 1.92. The van der Waals surface area contributed by atoms with E-state index in [4.69, 9.17) is 23.2 Å². The molecule has 0 fully saturated rings. The summed E-state index contributed by atoms with van der Waals surface area (Å²) in [5, 5.41) is 3.44. The highest BCUT2D eigenvalue weighted by Gasteiger charge is 2.06. The Kier molecular flexibility index (Phi) is 4.46. The number of benzene rings is 2. The Morgan fingerprint density at radius 1 is 1.16 bits per heavy atom. The highest BCUT2D eigenvalue weighted by atomic mass is 35.5. The number of rotatable bonds is 3. The maximum Gasteiger partial charge on any atom is 0.255 e. The number of hydrogen-bond acceptors (Lipinski definition) is 1. The van der Waals surface area contributed by atoms with Gasteiger partial charge in [-0.1, -0.05) is 29.8 Å². The van der Waals surface area contributed by atoms with Gasteiger partial charge in [0.05, 0.1) is 0 Å². The Morgan fingerprint density at radius 2 is 1.84 bits per heavy atom. The zero-order valence-electron chi connectivity index (χ0n) is 10.4. The van der Waals surface area contributed by atoms with E-state index in [1.807, 2.05) is 31.2 Å². The molecule has 0 heterocycles. The Morgan fingerprint density at radius 3 is 2.42 bits per heavy atom. The topological polar surface area (TPSA) is 29.1 Å². The normalized spacial score (nSPS) is 10.3. The van der Waals surface area contributed by atoms with E-state index in [1.54, 1.807) is 18.2 Å². The van der Waals surface area contributed by atoms with Gasteiger partial charge in [0, 0.05) is 22.2 Å². The maximum absolute atomic E-state index is 12.0. The van der Waals surface area contributed by atoms with Crippen molar-refractivity contribution in [1.29, 1.82) is 0 Å². The highest BCUT2D eigenvalue weighted by Crippen LogP contribution is 2.20. The molecular formula is C15H13Cl2NO. The molecule has 1 N–H and O–H groups in total. The summed E-state index contributed by atoms with van der Waals surface area (Å²) >= 11 is 11.7. The average Bonchev–Trinajstić information content (AvgIpc) is 2.43. The molecule has 0 spiro atoms. The summed E-state index contributed by atoms with van der Waals surface area (Å²) in [6.07, 6.45) is 0. The van der Waals surface area contributed by atoms with Crippen LogP contribution in [0, 0.1) is 6.92 Å². The van der Waals surface area contributed by atoms with Gasteiger partial charge in [0.1, 0.15) is 0 Å². The molecule has 2 nitrogen and oxygen atoms in total. The van der Waals surface area contributed by atoms with E-state index in [0.717, 1.165) is 11.1 Å². The van der Waals surface area contributed by atoms with Crippen LogP contribution < -0.4 is 5.32 Å². The molecule has 19 heavy (non-hydrogen) atoms. The molecule has 0 aliphatic carbocycles. The van der Waals surface area contributed by atoms with Gasteiger partial charge in [-0.15, -0.1) is 11.6 Å². The second-order valence-electron chi connectivity index (χ2n) is 4.25. The smallest absolute Gasteiger partial charge is 0.255 e. The predicted molar refractivity (Wildman–Crippen MR) is 80.1 cm³/mol. The van der Waals surface area contributed by atoms with Crippen LogP contribution >= 0.6 is 23.2 Å². The second kappa shape index (κ2) is 6.09. The van der Waals surface area contributed by atoms with Crippen LogP contribution in [0.5, 0.6) is 0 Å². The molecule has 0 bridgehead atoms. The largest absolute Gasteiger partial charge is 0.322 e. The van der Waals surface area contributed by atoms with Gasteiger partial charge in [-0.3, -0.25) is 4.79 Å². The first-order chi connectivity index (χ1) is 9.10. The fourth-order valence-electron chi connectivity index (χ4n) is 1.62. The van der Waals surface area contributed by atoms with Crippen LogP contribution in [-0.2, 0) is 5.88 Å². The van der Waals surface area contributed by atoms with E-state index in [0.29, 0.717) is 22.2 Å². The molecule has 0 aliphatic heterocycles. The van der Waals surface area contributed by atoms with Gasteiger partial charge in [-0.25, -0.2) is 0 Å². The van der Waals surface area contributed by atoms with Gasteiger partial charge >= 0.3 is 0 Å². The first-order valence-electron chi connectivity index (χ1n) is 5.82. The zero-order valence-corrected chi connectivity index (χ0v) is 11.9. The molecule has 0 saturated carbocycles. The first-order valence-corrected chi connectivity index (χ1v) is 6.74.